The van der Waals surface area contributed by atoms with Crippen LogP contribution < -0.4 is 5.32 Å². The molecule has 1 heterocycles. The second-order valence-corrected chi connectivity index (χ2v) is 5.04. The third-order valence-corrected chi connectivity index (χ3v) is 3.80. The third-order valence-electron chi connectivity index (χ3n) is 3.15. The summed E-state index contributed by atoms with van der Waals surface area (Å²) in [5, 5.41) is 3.71. The van der Waals surface area contributed by atoms with E-state index in [9.17, 15) is 4.79 Å². The van der Waals surface area contributed by atoms with Gasteiger partial charge in [-0.2, -0.15) is 0 Å². The molecule has 0 aliphatic heterocycles. The van der Waals surface area contributed by atoms with Crippen molar-refractivity contribution in [3.05, 3.63) is 65.0 Å². The number of pyridine rings is 1. The van der Waals surface area contributed by atoms with E-state index in [-0.39, 0.29) is 5.91 Å². The van der Waals surface area contributed by atoms with Gasteiger partial charge >= 0.3 is 0 Å². The lowest BCUT2D eigenvalue weighted by Crippen LogP contribution is -2.24. The van der Waals surface area contributed by atoms with E-state index in [1.165, 1.54) is 5.56 Å². The number of nitrogens with one attached hydrogen (secondary N) is 1. The van der Waals surface area contributed by atoms with Gasteiger partial charge in [0.05, 0.1) is 12.2 Å². The molecule has 1 amide bonds. The number of carbonyl (C=O) groups excluding carboxylic acids is 1. The topological polar surface area (TPSA) is 42.0 Å². The van der Waals surface area contributed by atoms with E-state index in [1.54, 1.807) is 6.20 Å². The molecule has 2 rings (SSSR count). The number of carbonyl (C=O) groups is 1. The van der Waals surface area contributed by atoms with Crippen LogP contribution in [0.4, 0.5) is 0 Å². The molecule has 1 aromatic heterocycles. The molecule has 0 radical (unpaired) electrons. The van der Waals surface area contributed by atoms with Gasteiger partial charge in [-0.25, -0.2) is 0 Å². The summed E-state index contributed by atoms with van der Waals surface area (Å²) in [4.78, 5) is 16.4. The summed E-state index contributed by atoms with van der Waals surface area (Å²) in [6.07, 6.45) is 2.67. The smallest absolute Gasteiger partial charge is 0.251 e. The highest BCUT2D eigenvalue weighted by atomic mass is 79.9. The maximum absolute atomic E-state index is 12.1. The van der Waals surface area contributed by atoms with Crippen LogP contribution in [0.2, 0.25) is 0 Å². The van der Waals surface area contributed by atoms with Gasteiger partial charge in [-0.15, -0.1) is 0 Å². The van der Waals surface area contributed by atoms with E-state index >= 15 is 0 Å². The molecule has 0 spiro atoms. The molecule has 0 aliphatic rings. The van der Waals surface area contributed by atoms with E-state index in [4.69, 9.17) is 0 Å². The predicted octanol–water partition coefficient (Wildman–Crippen LogP) is 3.47. The Bertz CT molecular complexity index is 581. The summed E-state index contributed by atoms with van der Waals surface area (Å²) in [5.41, 5.74) is 3.92. The standard InChI is InChI=1S/C16H17BrN2O/c1-2-13-4-3-9-18-15(13)11-19-16(20)14-7-5-12(10-17)6-8-14/h3-9H,2,10-11H2,1H3,(H,19,20). The molecule has 20 heavy (non-hydrogen) atoms. The largest absolute Gasteiger partial charge is 0.346 e. The number of aromatic nitrogens is 1. The fourth-order valence-electron chi connectivity index (χ4n) is 1.96. The molecule has 0 unspecified atom stereocenters. The predicted molar refractivity (Wildman–Crippen MR) is 83.9 cm³/mol. The van der Waals surface area contributed by atoms with Gasteiger partial charge < -0.3 is 5.32 Å². The zero-order valence-electron chi connectivity index (χ0n) is 11.4. The first-order valence-electron chi connectivity index (χ1n) is 6.60. The first kappa shape index (κ1) is 14.7. The SMILES string of the molecule is CCc1cccnc1CNC(=O)c1ccc(CBr)cc1. The Morgan fingerprint density at radius 2 is 2.00 bits per heavy atom. The Balaban J connectivity index is 2.01. The van der Waals surface area contributed by atoms with Crippen LogP contribution >= 0.6 is 15.9 Å². The van der Waals surface area contributed by atoms with E-state index in [2.05, 4.69) is 33.2 Å². The first-order chi connectivity index (χ1) is 9.74. The summed E-state index contributed by atoms with van der Waals surface area (Å²) in [6.45, 7) is 2.55. The highest BCUT2D eigenvalue weighted by Crippen LogP contribution is 2.09. The van der Waals surface area contributed by atoms with Crippen molar-refractivity contribution in [1.82, 2.24) is 10.3 Å². The van der Waals surface area contributed by atoms with Gasteiger partial charge in [-0.3, -0.25) is 9.78 Å². The summed E-state index contributed by atoms with van der Waals surface area (Å²) in [6, 6.07) is 11.5. The number of hydrogen-bond acceptors (Lipinski definition) is 2. The molecule has 0 fully saturated rings. The zero-order chi connectivity index (χ0) is 14.4. The lowest BCUT2D eigenvalue weighted by atomic mass is 10.1. The molecule has 0 aliphatic carbocycles. The van der Waals surface area contributed by atoms with Crippen molar-refractivity contribution in [3.8, 4) is 0 Å². The van der Waals surface area contributed by atoms with Crippen LogP contribution in [-0.4, -0.2) is 10.9 Å². The van der Waals surface area contributed by atoms with Gasteiger partial charge in [0, 0.05) is 17.1 Å². The molecule has 0 bridgehead atoms. The Hall–Kier alpha value is -1.68. The van der Waals surface area contributed by atoms with E-state index in [1.807, 2.05) is 36.4 Å². The van der Waals surface area contributed by atoms with E-state index in [0.717, 1.165) is 23.0 Å². The Labute approximate surface area is 127 Å². The van der Waals surface area contributed by atoms with Crippen LogP contribution in [0.1, 0.15) is 34.1 Å². The summed E-state index contributed by atoms with van der Waals surface area (Å²) >= 11 is 3.39. The van der Waals surface area contributed by atoms with Crippen LogP contribution in [0, 0.1) is 0 Å². The number of rotatable bonds is 5. The lowest BCUT2D eigenvalue weighted by molar-refractivity contribution is 0.0950. The second kappa shape index (κ2) is 7.20. The number of halogens is 1. The fourth-order valence-corrected chi connectivity index (χ4v) is 2.34. The third kappa shape index (κ3) is 3.67. The molecule has 1 aromatic carbocycles. The molecule has 3 nitrogen and oxygen atoms in total. The van der Waals surface area contributed by atoms with Gasteiger partial charge in [0.25, 0.3) is 5.91 Å². The summed E-state index contributed by atoms with van der Waals surface area (Å²) < 4.78 is 0. The van der Waals surface area contributed by atoms with Gasteiger partial charge in [0.15, 0.2) is 0 Å². The fraction of sp³-hybridized carbons (Fsp3) is 0.250. The monoisotopic (exact) mass is 332 g/mol. The molecule has 0 atom stereocenters. The van der Waals surface area contributed by atoms with Crippen molar-refractivity contribution in [1.29, 1.82) is 0 Å². The number of nitrogens with zero attached hydrogens (tertiary/aromatic N) is 1. The maximum Gasteiger partial charge on any atom is 0.251 e. The van der Waals surface area contributed by atoms with E-state index < -0.39 is 0 Å². The van der Waals surface area contributed by atoms with Gasteiger partial charge in [-0.1, -0.05) is 41.1 Å². The Morgan fingerprint density at radius 3 is 2.65 bits per heavy atom. The average molecular weight is 333 g/mol. The second-order valence-electron chi connectivity index (χ2n) is 4.48. The maximum atomic E-state index is 12.1. The molecular formula is C16H17BrN2O. The molecule has 0 saturated carbocycles. The molecule has 4 heteroatoms. The van der Waals surface area contributed by atoms with Gasteiger partial charge in [0.1, 0.15) is 0 Å². The van der Waals surface area contributed by atoms with Crippen molar-refractivity contribution in [2.45, 2.75) is 25.2 Å². The van der Waals surface area contributed by atoms with Crippen molar-refractivity contribution >= 4 is 21.8 Å². The van der Waals surface area contributed by atoms with Gasteiger partial charge in [-0.05, 0) is 35.7 Å². The molecule has 1 N–H and O–H groups in total. The number of benzene rings is 1. The molecule has 0 saturated heterocycles. The highest BCUT2D eigenvalue weighted by molar-refractivity contribution is 9.08. The molecular weight excluding hydrogens is 316 g/mol. The number of hydrogen-bond donors (Lipinski definition) is 1. The average Bonchev–Trinajstić information content (AvgIpc) is 2.53. The van der Waals surface area contributed by atoms with Crippen molar-refractivity contribution in [2.24, 2.45) is 0 Å². The number of alkyl halides is 1. The van der Waals surface area contributed by atoms with Crippen LogP contribution in [0.3, 0.4) is 0 Å². The minimum absolute atomic E-state index is 0.0705. The van der Waals surface area contributed by atoms with E-state index in [0.29, 0.717) is 12.1 Å². The molecule has 104 valence electrons. The van der Waals surface area contributed by atoms with Crippen LogP contribution in [0.15, 0.2) is 42.6 Å². The van der Waals surface area contributed by atoms with Crippen LogP contribution in [0.25, 0.3) is 0 Å². The minimum Gasteiger partial charge on any atom is -0.346 e. The number of aryl methyl sites for hydroxylation is 1. The normalized spacial score (nSPS) is 10.3. The van der Waals surface area contributed by atoms with Crippen molar-refractivity contribution < 1.29 is 4.79 Å². The zero-order valence-corrected chi connectivity index (χ0v) is 13.0. The molecule has 2 aromatic rings. The quantitative estimate of drug-likeness (QED) is 0.852. The summed E-state index contributed by atoms with van der Waals surface area (Å²) in [7, 11) is 0. The van der Waals surface area contributed by atoms with Crippen LogP contribution in [0.5, 0.6) is 0 Å². The highest BCUT2D eigenvalue weighted by Gasteiger charge is 2.07. The summed E-state index contributed by atoms with van der Waals surface area (Å²) in [5.74, 6) is -0.0705. The Kier molecular flexibility index (Phi) is 5.30. The lowest BCUT2D eigenvalue weighted by Gasteiger charge is -2.08. The van der Waals surface area contributed by atoms with Crippen molar-refractivity contribution in [2.75, 3.05) is 0 Å². The van der Waals surface area contributed by atoms with Gasteiger partial charge in [0.2, 0.25) is 0 Å². The first-order valence-corrected chi connectivity index (χ1v) is 7.72. The minimum atomic E-state index is -0.0705. The Morgan fingerprint density at radius 1 is 1.25 bits per heavy atom. The van der Waals surface area contributed by atoms with Crippen LogP contribution in [-0.2, 0) is 18.3 Å². The van der Waals surface area contributed by atoms with Crippen molar-refractivity contribution in [3.63, 3.8) is 0 Å². The number of amides is 1.